The molecule has 0 bridgehead atoms. The van der Waals surface area contributed by atoms with Crippen LogP contribution < -0.4 is 5.32 Å². The van der Waals surface area contributed by atoms with E-state index >= 15 is 0 Å². The molecule has 3 atom stereocenters. The fourth-order valence-electron chi connectivity index (χ4n) is 7.62. The number of unbranched alkanes of at least 4 members (excludes halogenated alkanes) is 26. The van der Waals surface area contributed by atoms with E-state index in [1.165, 1.54) is 128 Å². The Morgan fingerprint density at radius 2 is 0.889 bits per heavy atom. The molecule has 0 aromatic rings. The molecule has 0 aromatic heterocycles. The molecule has 0 radical (unpaired) electrons. The van der Waals surface area contributed by atoms with Crippen LogP contribution in [-0.2, 0) is 14.3 Å². The number of amides is 1. The molecule has 1 amide bonds. The van der Waals surface area contributed by atoms with Gasteiger partial charge < -0.3 is 20.3 Å². The van der Waals surface area contributed by atoms with Crippen LogP contribution >= 0.6 is 0 Å². The second-order valence-electron chi connectivity index (χ2n) is 17.7. The van der Waals surface area contributed by atoms with Gasteiger partial charge in [-0.15, -0.1) is 0 Å². The van der Waals surface area contributed by atoms with Crippen LogP contribution in [0.2, 0.25) is 0 Å². The van der Waals surface area contributed by atoms with E-state index in [1.54, 1.807) is 0 Å². The van der Waals surface area contributed by atoms with E-state index in [4.69, 9.17) is 4.74 Å². The van der Waals surface area contributed by atoms with E-state index < -0.39 is 18.2 Å². The van der Waals surface area contributed by atoms with Crippen molar-refractivity contribution >= 4 is 11.9 Å². The lowest BCUT2D eigenvalue weighted by atomic mass is 10.0. The summed E-state index contributed by atoms with van der Waals surface area (Å²) in [7, 11) is 0. The predicted octanol–water partition coefficient (Wildman–Crippen LogP) is 16.0. The molecular formula is C57H99NO5. The average Bonchev–Trinajstić information content (AvgIpc) is 3.28. The normalized spacial score (nSPS) is 13.9. The van der Waals surface area contributed by atoms with Crippen LogP contribution in [0.4, 0.5) is 0 Å². The Morgan fingerprint density at radius 1 is 0.492 bits per heavy atom. The number of esters is 1. The third kappa shape index (κ3) is 45.4. The first-order valence-electron chi connectivity index (χ1n) is 26.4. The minimum atomic E-state index is -0.824. The highest BCUT2D eigenvalue weighted by molar-refractivity contribution is 5.77. The van der Waals surface area contributed by atoms with Crippen LogP contribution in [0.15, 0.2) is 85.1 Å². The van der Waals surface area contributed by atoms with Crippen molar-refractivity contribution in [3.05, 3.63) is 85.1 Å². The van der Waals surface area contributed by atoms with Crippen molar-refractivity contribution in [1.29, 1.82) is 0 Å². The zero-order valence-electron chi connectivity index (χ0n) is 41.2. The largest absolute Gasteiger partial charge is 0.461 e. The van der Waals surface area contributed by atoms with Crippen LogP contribution in [0, 0.1) is 0 Å². The van der Waals surface area contributed by atoms with Gasteiger partial charge in [0.15, 0.2) is 0 Å². The third-order valence-electron chi connectivity index (χ3n) is 11.6. The van der Waals surface area contributed by atoms with Crippen molar-refractivity contribution in [2.45, 2.75) is 257 Å². The first-order valence-corrected chi connectivity index (χ1v) is 26.4. The van der Waals surface area contributed by atoms with Crippen LogP contribution in [0.25, 0.3) is 0 Å². The number of rotatable bonds is 46. The maximum Gasteiger partial charge on any atom is 0.306 e. The number of hydrogen-bond acceptors (Lipinski definition) is 5. The first-order chi connectivity index (χ1) is 31.0. The third-order valence-corrected chi connectivity index (χ3v) is 11.6. The van der Waals surface area contributed by atoms with Crippen molar-refractivity contribution in [2.75, 3.05) is 6.61 Å². The van der Waals surface area contributed by atoms with E-state index in [0.717, 1.165) is 64.2 Å². The fraction of sp³-hybridized carbons (Fsp3) is 0.719. The molecular weight excluding hydrogens is 779 g/mol. The summed E-state index contributed by atoms with van der Waals surface area (Å²) in [6.07, 6.45) is 65.3. The molecule has 63 heavy (non-hydrogen) atoms. The summed E-state index contributed by atoms with van der Waals surface area (Å²) in [6, 6.07) is -0.746. The Kier molecular flexibility index (Phi) is 47.7. The number of aliphatic hydroxyl groups is 2. The fourth-order valence-corrected chi connectivity index (χ4v) is 7.62. The summed E-state index contributed by atoms with van der Waals surface area (Å²) in [5.41, 5.74) is 0. The highest BCUT2D eigenvalue weighted by Crippen LogP contribution is 2.16. The summed E-state index contributed by atoms with van der Waals surface area (Å²) in [5.74, 6) is -0.627. The van der Waals surface area contributed by atoms with Crippen LogP contribution in [0.5, 0.6) is 0 Å². The molecule has 6 heteroatoms. The second-order valence-corrected chi connectivity index (χ2v) is 17.7. The summed E-state index contributed by atoms with van der Waals surface area (Å²) in [6.45, 7) is 6.29. The van der Waals surface area contributed by atoms with Crippen molar-refractivity contribution in [3.63, 3.8) is 0 Å². The quantitative estimate of drug-likeness (QED) is 0.0322. The van der Waals surface area contributed by atoms with Gasteiger partial charge in [0, 0.05) is 12.8 Å². The van der Waals surface area contributed by atoms with Gasteiger partial charge in [-0.1, -0.05) is 260 Å². The molecule has 0 rings (SSSR count). The summed E-state index contributed by atoms with van der Waals surface area (Å²) in [5, 5.41) is 23.7. The molecule has 0 aromatic carbocycles. The molecule has 0 saturated heterocycles. The molecule has 0 aliphatic heterocycles. The Morgan fingerprint density at radius 3 is 1.35 bits per heavy atom. The number of hydrogen-bond donors (Lipinski definition) is 3. The van der Waals surface area contributed by atoms with Crippen LogP contribution in [0.1, 0.15) is 239 Å². The van der Waals surface area contributed by atoms with Gasteiger partial charge in [-0.2, -0.15) is 0 Å². The number of aliphatic hydroxyl groups excluding tert-OH is 2. The molecule has 0 spiro atoms. The lowest BCUT2D eigenvalue weighted by Gasteiger charge is -2.24. The van der Waals surface area contributed by atoms with Crippen molar-refractivity contribution < 1.29 is 24.5 Å². The van der Waals surface area contributed by atoms with Gasteiger partial charge in [0.05, 0.1) is 25.2 Å². The number of carbonyl (C=O) groups is 2. The van der Waals surface area contributed by atoms with E-state index in [1.807, 2.05) is 54.7 Å². The molecule has 3 unspecified atom stereocenters. The number of ether oxygens (including phenoxy) is 1. The van der Waals surface area contributed by atoms with E-state index in [0.29, 0.717) is 19.3 Å². The topological polar surface area (TPSA) is 95.9 Å². The molecule has 0 heterocycles. The van der Waals surface area contributed by atoms with Crippen LogP contribution in [-0.4, -0.2) is 46.9 Å². The monoisotopic (exact) mass is 878 g/mol. The van der Waals surface area contributed by atoms with E-state index in [9.17, 15) is 19.8 Å². The highest BCUT2D eigenvalue weighted by atomic mass is 16.5. The molecule has 0 aliphatic rings. The Balaban J connectivity index is 4.63. The minimum absolute atomic E-state index is 0.0280. The van der Waals surface area contributed by atoms with Crippen molar-refractivity contribution in [1.82, 2.24) is 5.32 Å². The Labute approximate surface area is 389 Å². The standard InChI is InChI=1S/C57H99NO5/c1-4-7-10-13-16-19-22-24-26-27-28-30-32-35-38-41-44-47-50-57(62)63-53(48-45-42-39-36-33-21-18-15-12-9-6-3)51-56(61)58-54(52-59)55(60)49-46-43-40-37-34-31-29-25-23-20-17-14-11-8-5-2/h9,12,15,18,21,26-28,30,33,36,39,42,45,53-55,59-60H,4-8,10-11,13-14,16-17,19-20,22-25,29,31-32,34-35,37-38,40-41,43-44,46-52H2,1-3H3,(H,58,61)/b12-9+,18-15+,27-26+,30-28+,33-21-,39-36-,45-42+. The van der Waals surface area contributed by atoms with E-state index in [2.05, 4.69) is 56.5 Å². The van der Waals surface area contributed by atoms with Gasteiger partial charge in [-0.25, -0.2) is 0 Å². The lowest BCUT2D eigenvalue weighted by Crippen LogP contribution is -2.46. The average molecular weight is 878 g/mol. The summed E-state index contributed by atoms with van der Waals surface area (Å²) in [4.78, 5) is 26.1. The molecule has 6 nitrogen and oxygen atoms in total. The summed E-state index contributed by atoms with van der Waals surface area (Å²) < 4.78 is 5.84. The zero-order valence-corrected chi connectivity index (χ0v) is 41.2. The van der Waals surface area contributed by atoms with Gasteiger partial charge in [-0.3, -0.25) is 9.59 Å². The van der Waals surface area contributed by atoms with Crippen LogP contribution in [0.3, 0.4) is 0 Å². The van der Waals surface area contributed by atoms with Crippen molar-refractivity contribution in [3.8, 4) is 0 Å². The molecule has 3 N–H and O–H groups in total. The zero-order chi connectivity index (χ0) is 45.9. The lowest BCUT2D eigenvalue weighted by molar-refractivity contribution is -0.150. The molecule has 0 aliphatic carbocycles. The predicted molar refractivity (Wildman–Crippen MR) is 273 cm³/mol. The Bertz CT molecular complexity index is 1210. The van der Waals surface area contributed by atoms with Gasteiger partial charge in [-0.05, 0) is 44.9 Å². The molecule has 0 saturated carbocycles. The van der Waals surface area contributed by atoms with Gasteiger partial charge in [0.25, 0.3) is 0 Å². The maximum absolute atomic E-state index is 13.2. The molecule has 0 fully saturated rings. The van der Waals surface area contributed by atoms with E-state index in [-0.39, 0.29) is 24.9 Å². The number of carbonyl (C=O) groups excluding carboxylic acids is 2. The summed E-state index contributed by atoms with van der Waals surface area (Å²) >= 11 is 0. The smallest absolute Gasteiger partial charge is 0.306 e. The minimum Gasteiger partial charge on any atom is -0.461 e. The Hall–Kier alpha value is -2.96. The number of allylic oxidation sites excluding steroid dienone is 13. The van der Waals surface area contributed by atoms with Gasteiger partial charge in [0.1, 0.15) is 6.10 Å². The van der Waals surface area contributed by atoms with Crippen molar-refractivity contribution in [2.24, 2.45) is 0 Å². The maximum atomic E-state index is 13.2. The highest BCUT2D eigenvalue weighted by Gasteiger charge is 2.23. The van der Waals surface area contributed by atoms with Gasteiger partial charge >= 0.3 is 5.97 Å². The molecule has 362 valence electrons. The second kappa shape index (κ2) is 50.0. The number of nitrogens with one attached hydrogen (secondary N) is 1. The SMILES string of the molecule is CC/C=C/C=C/C=C\C=C/C=C/CC(CC(=O)NC(CO)C(O)CCCCCCCCCCCCCCCCC)OC(=O)CCCCCCC/C=C/C=C/CCCCCCCCC. The van der Waals surface area contributed by atoms with Gasteiger partial charge in [0.2, 0.25) is 5.91 Å². The first kappa shape index (κ1) is 60.0.